The van der Waals surface area contributed by atoms with Crippen LogP contribution in [-0.4, -0.2) is 29.7 Å². The van der Waals surface area contributed by atoms with Crippen LogP contribution in [0.2, 0.25) is 0 Å². The number of aromatic nitrogens is 3. The topological polar surface area (TPSA) is 76.9 Å². The number of sulfonamides is 1. The molecule has 152 valence electrons. The monoisotopic (exact) mass is 410 g/mol. The van der Waals surface area contributed by atoms with Crippen molar-refractivity contribution in [1.29, 1.82) is 0 Å². The van der Waals surface area contributed by atoms with Crippen LogP contribution in [0.4, 0.5) is 0 Å². The lowest BCUT2D eigenvalue weighted by atomic mass is 9.95. The van der Waals surface area contributed by atoms with E-state index < -0.39 is 10.0 Å². The summed E-state index contributed by atoms with van der Waals surface area (Å²) in [5, 5.41) is 4.79. The van der Waals surface area contributed by atoms with Crippen LogP contribution in [-0.2, 0) is 35.2 Å². The third-order valence-electron chi connectivity index (χ3n) is 5.29. The number of nitrogens with one attached hydrogen (secondary N) is 1. The fourth-order valence-electron chi connectivity index (χ4n) is 3.83. The van der Waals surface area contributed by atoms with E-state index in [1.165, 1.54) is 11.3 Å². The zero-order chi connectivity index (χ0) is 20.3. The molecule has 0 atom stereocenters. The molecule has 1 aromatic carbocycles. The third kappa shape index (κ3) is 4.74. The smallest absolute Gasteiger partial charge is 0.215 e. The van der Waals surface area contributed by atoms with Crippen molar-refractivity contribution >= 4 is 10.0 Å². The summed E-state index contributed by atoms with van der Waals surface area (Å²) < 4.78 is 29.6. The maximum absolute atomic E-state index is 12.4. The van der Waals surface area contributed by atoms with Gasteiger partial charge in [0.15, 0.2) is 0 Å². The lowest BCUT2D eigenvalue weighted by Gasteiger charge is -2.14. The molecule has 29 heavy (non-hydrogen) atoms. The molecule has 0 radical (unpaired) electrons. The Bertz CT molecular complexity index is 1070. The first-order chi connectivity index (χ1) is 14.0. The van der Waals surface area contributed by atoms with E-state index >= 15 is 0 Å². The summed E-state index contributed by atoms with van der Waals surface area (Å²) >= 11 is 0. The number of benzene rings is 1. The highest BCUT2D eigenvalue weighted by molar-refractivity contribution is 7.88. The van der Waals surface area contributed by atoms with E-state index in [0.717, 1.165) is 48.2 Å². The first-order valence-corrected chi connectivity index (χ1v) is 11.7. The van der Waals surface area contributed by atoms with Gasteiger partial charge >= 0.3 is 0 Å². The van der Waals surface area contributed by atoms with Gasteiger partial charge in [-0.15, -0.1) is 0 Å². The molecule has 1 N–H and O–H groups in total. The summed E-state index contributed by atoms with van der Waals surface area (Å²) in [5.41, 5.74) is 6.20. The second kappa shape index (κ2) is 8.47. The summed E-state index contributed by atoms with van der Waals surface area (Å²) in [6.45, 7) is 2.83. The molecule has 2 aromatic heterocycles. The summed E-state index contributed by atoms with van der Waals surface area (Å²) in [6, 6.07) is 13.4. The Labute approximate surface area is 172 Å². The summed E-state index contributed by atoms with van der Waals surface area (Å²) in [6.07, 6.45) is 6.05. The van der Waals surface area contributed by atoms with Gasteiger partial charge in [0.05, 0.1) is 18.0 Å². The summed E-state index contributed by atoms with van der Waals surface area (Å²) in [5.74, 6) is -0.0102. The van der Waals surface area contributed by atoms with E-state index in [0.29, 0.717) is 13.1 Å². The second-order valence-electron chi connectivity index (χ2n) is 7.56. The van der Waals surface area contributed by atoms with Crippen molar-refractivity contribution in [3.8, 4) is 11.4 Å². The van der Waals surface area contributed by atoms with Crippen LogP contribution in [0.25, 0.3) is 11.4 Å². The number of aryl methyl sites for hydroxylation is 1. The molecule has 0 aliphatic heterocycles. The molecule has 0 spiro atoms. The largest absolute Gasteiger partial charge is 0.267 e. The average Bonchev–Trinajstić information content (AvgIpc) is 3.09. The van der Waals surface area contributed by atoms with Crippen molar-refractivity contribution in [2.24, 2.45) is 0 Å². The van der Waals surface area contributed by atoms with Gasteiger partial charge in [0.2, 0.25) is 10.0 Å². The van der Waals surface area contributed by atoms with E-state index in [1.807, 2.05) is 54.1 Å². The number of hydrogen-bond donors (Lipinski definition) is 1. The SMILES string of the molecule is Cc1ccc(CS(=O)(=O)NCCn2nc(-c3ccccn3)c3c2CCCC3)cc1. The third-order valence-corrected chi connectivity index (χ3v) is 6.64. The molecular formula is C22H26N4O2S. The van der Waals surface area contributed by atoms with Crippen molar-refractivity contribution in [3.63, 3.8) is 0 Å². The lowest BCUT2D eigenvalue weighted by Crippen LogP contribution is -2.29. The van der Waals surface area contributed by atoms with E-state index in [9.17, 15) is 8.42 Å². The molecular weight excluding hydrogens is 384 g/mol. The molecule has 7 heteroatoms. The van der Waals surface area contributed by atoms with Gasteiger partial charge in [-0.1, -0.05) is 35.9 Å². The van der Waals surface area contributed by atoms with Crippen LogP contribution in [0.3, 0.4) is 0 Å². The molecule has 0 fully saturated rings. The standard InChI is InChI=1S/C22H26N4O2S/c1-17-9-11-18(12-10-17)16-29(27,28)24-14-15-26-21-8-3-2-6-19(21)22(25-26)20-7-4-5-13-23-20/h4-5,7,9-13,24H,2-3,6,8,14-16H2,1H3. The van der Waals surface area contributed by atoms with Crippen molar-refractivity contribution in [3.05, 3.63) is 71.0 Å². The number of fused-ring (bicyclic) bond motifs is 1. The molecule has 1 aliphatic carbocycles. The van der Waals surface area contributed by atoms with Gasteiger partial charge in [0.25, 0.3) is 0 Å². The van der Waals surface area contributed by atoms with Crippen LogP contribution < -0.4 is 4.72 Å². The van der Waals surface area contributed by atoms with Crippen molar-refractivity contribution < 1.29 is 8.42 Å². The molecule has 0 amide bonds. The normalized spacial score (nSPS) is 14.0. The van der Waals surface area contributed by atoms with Gasteiger partial charge < -0.3 is 0 Å². The number of pyridine rings is 1. The van der Waals surface area contributed by atoms with Crippen molar-refractivity contribution in [1.82, 2.24) is 19.5 Å². The van der Waals surface area contributed by atoms with Crippen LogP contribution in [0.1, 0.15) is 35.2 Å². The highest BCUT2D eigenvalue weighted by Crippen LogP contribution is 2.30. The van der Waals surface area contributed by atoms with E-state index in [1.54, 1.807) is 6.20 Å². The lowest BCUT2D eigenvalue weighted by molar-refractivity contribution is 0.538. The Kier molecular flexibility index (Phi) is 5.78. The first-order valence-electron chi connectivity index (χ1n) is 10.0. The number of hydrogen-bond acceptors (Lipinski definition) is 4. The molecule has 0 bridgehead atoms. The fourth-order valence-corrected chi connectivity index (χ4v) is 4.96. The highest BCUT2D eigenvalue weighted by atomic mass is 32.2. The molecule has 0 saturated heterocycles. The van der Waals surface area contributed by atoms with Crippen molar-refractivity contribution in [2.75, 3.05) is 6.54 Å². The zero-order valence-corrected chi connectivity index (χ0v) is 17.5. The first kappa shape index (κ1) is 19.8. The van der Waals surface area contributed by atoms with Gasteiger partial charge in [-0.05, 0) is 50.3 Å². The molecule has 2 heterocycles. The minimum Gasteiger partial charge on any atom is -0.267 e. The van der Waals surface area contributed by atoms with Crippen LogP contribution in [0, 0.1) is 6.92 Å². The predicted molar refractivity (Wildman–Crippen MR) is 114 cm³/mol. The Morgan fingerprint density at radius 2 is 1.86 bits per heavy atom. The quantitative estimate of drug-likeness (QED) is 0.649. The van der Waals surface area contributed by atoms with E-state index in [2.05, 4.69) is 9.71 Å². The predicted octanol–water partition coefficient (Wildman–Crippen LogP) is 3.25. The van der Waals surface area contributed by atoms with Crippen LogP contribution >= 0.6 is 0 Å². The van der Waals surface area contributed by atoms with Gasteiger partial charge in [-0.2, -0.15) is 5.10 Å². The van der Waals surface area contributed by atoms with Crippen molar-refractivity contribution in [2.45, 2.75) is 44.9 Å². The Balaban J connectivity index is 1.46. The summed E-state index contributed by atoms with van der Waals surface area (Å²) in [4.78, 5) is 4.46. The Morgan fingerprint density at radius 1 is 1.07 bits per heavy atom. The Morgan fingerprint density at radius 3 is 2.62 bits per heavy atom. The maximum Gasteiger partial charge on any atom is 0.215 e. The molecule has 1 aliphatic rings. The van der Waals surface area contributed by atoms with Crippen LogP contribution in [0.5, 0.6) is 0 Å². The number of rotatable bonds is 7. The molecule has 4 rings (SSSR count). The zero-order valence-electron chi connectivity index (χ0n) is 16.6. The maximum atomic E-state index is 12.4. The van der Waals surface area contributed by atoms with E-state index in [-0.39, 0.29) is 5.75 Å². The molecule has 3 aromatic rings. The second-order valence-corrected chi connectivity index (χ2v) is 9.36. The van der Waals surface area contributed by atoms with Gasteiger partial charge in [-0.3, -0.25) is 9.67 Å². The van der Waals surface area contributed by atoms with Gasteiger partial charge in [0, 0.05) is 24.0 Å². The van der Waals surface area contributed by atoms with Gasteiger partial charge in [-0.25, -0.2) is 13.1 Å². The average molecular weight is 411 g/mol. The Hall–Kier alpha value is -2.51. The van der Waals surface area contributed by atoms with Crippen LogP contribution in [0.15, 0.2) is 48.7 Å². The van der Waals surface area contributed by atoms with E-state index in [4.69, 9.17) is 5.10 Å². The highest BCUT2D eigenvalue weighted by Gasteiger charge is 2.22. The molecule has 0 saturated carbocycles. The molecule has 6 nitrogen and oxygen atoms in total. The van der Waals surface area contributed by atoms with Gasteiger partial charge in [0.1, 0.15) is 5.69 Å². The fraction of sp³-hybridized carbons (Fsp3) is 0.364. The molecule has 0 unspecified atom stereocenters. The summed E-state index contributed by atoms with van der Waals surface area (Å²) in [7, 11) is -3.39. The number of nitrogens with zero attached hydrogens (tertiary/aromatic N) is 3. The minimum absolute atomic E-state index is 0.0102. The minimum atomic E-state index is -3.39.